The van der Waals surface area contributed by atoms with Gasteiger partial charge in [-0.1, -0.05) is 29.8 Å². The van der Waals surface area contributed by atoms with Crippen LogP contribution in [0.4, 0.5) is 0 Å². The van der Waals surface area contributed by atoms with E-state index in [0.717, 1.165) is 5.56 Å². The van der Waals surface area contributed by atoms with Gasteiger partial charge in [-0.25, -0.2) is 4.98 Å². The van der Waals surface area contributed by atoms with Gasteiger partial charge in [0.25, 0.3) is 0 Å². The summed E-state index contributed by atoms with van der Waals surface area (Å²) < 4.78 is 1.61. The van der Waals surface area contributed by atoms with Crippen LogP contribution in [0.5, 0.6) is 0 Å². The van der Waals surface area contributed by atoms with Gasteiger partial charge in [-0.2, -0.15) is 0 Å². The first-order valence-corrected chi connectivity index (χ1v) is 5.36. The van der Waals surface area contributed by atoms with Crippen molar-refractivity contribution >= 4 is 5.78 Å². The Labute approximate surface area is 99.5 Å². The maximum absolute atomic E-state index is 12.1. The number of nitrogens with zero attached hydrogens (tertiary/aromatic N) is 2. The second kappa shape index (κ2) is 4.51. The van der Waals surface area contributed by atoms with Crippen LogP contribution >= 0.6 is 0 Å². The Morgan fingerprint density at radius 1 is 1.35 bits per heavy atom. The lowest BCUT2D eigenvalue weighted by molar-refractivity contribution is 0.102. The van der Waals surface area contributed by atoms with Gasteiger partial charge in [-0.3, -0.25) is 4.79 Å². The van der Waals surface area contributed by atoms with Crippen molar-refractivity contribution in [3.63, 3.8) is 0 Å². The van der Waals surface area contributed by atoms with E-state index >= 15 is 0 Å². The van der Waals surface area contributed by atoms with E-state index in [9.17, 15) is 4.79 Å². The zero-order chi connectivity index (χ0) is 12.4. The number of aryl methyl sites for hydroxylation is 1. The Balaban J connectivity index is 2.37. The summed E-state index contributed by atoms with van der Waals surface area (Å²) in [5, 5.41) is 9.05. The molecular weight excluding hydrogens is 216 g/mol. The number of carbonyl (C=O) groups is 1. The first kappa shape index (κ1) is 11.5. The van der Waals surface area contributed by atoms with Crippen molar-refractivity contribution in [2.45, 2.75) is 13.5 Å². The maximum atomic E-state index is 12.1. The third-order valence-corrected chi connectivity index (χ3v) is 2.76. The number of aliphatic hydroxyl groups excluding tert-OH is 1. The lowest BCUT2D eigenvalue weighted by Crippen LogP contribution is -2.10. The molecule has 1 heterocycles. The molecule has 4 nitrogen and oxygen atoms in total. The van der Waals surface area contributed by atoms with Crippen LogP contribution in [0.25, 0.3) is 0 Å². The number of imidazole rings is 1. The molecule has 0 saturated heterocycles. The number of carbonyl (C=O) groups excluding carboxylic acids is 1. The number of hydrogen-bond acceptors (Lipinski definition) is 3. The van der Waals surface area contributed by atoms with Gasteiger partial charge in [0.2, 0.25) is 5.78 Å². The number of benzene rings is 1. The average molecular weight is 230 g/mol. The molecule has 2 rings (SSSR count). The van der Waals surface area contributed by atoms with Crippen molar-refractivity contribution in [1.29, 1.82) is 0 Å². The fraction of sp³-hybridized carbons (Fsp3) is 0.231. The second-order valence-electron chi connectivity index (χ2n) is 3.99. The predicted molar refractivity (Wildman–Crippen MR) is 63.7 cm³/mol. The lowest BCUT2D eigenvalue weighted by atomic mass is 10.1. The summed E-state index contributed by atoms with van der Waals surface area (Å²) in [7, 11) is 1.72. The third-order valence-electron chi connectivity index (χ3n) is 2.76. The zero-order valence-corrected chi connectivity index (χ0v) is 9.84. The maximum Gasteiger partial charge on any atom is 0.228 e. The summed E-state index contributed by atoms with van der Waals surface area (Å²) in [6.45, 7) is 1.85. The van der Waals surface area contributed by atoms with E-state index in [1.165, 1.54) is 6.20 Å². The Kier molecular flexibility index (Phi) is 3.06. The molecule has 0 saturated carbocycles. The van der Waals surface area contributed by atoms with Crippen LogP contribution in [-0.4, -0.2) is 20.4 Å². The smallest absolute Gasteiger partial charge is 0.228 e. The lowest BCUT2D eigenvalue weighted by Gasteiger charge is -2.03. The molecular formula is C13H14N2O2. The minimum atomic E-state index is -0.132. The Hall–Kier alpha value is -1.94. The van der Waals surface area contributed by atoms with Crippen LogP contribution in [0.15, 0.2) is 30.5 Å². The van der Waals surface area contributed by atoms with E-state index in [-0.39, 0.29) is 12.4 Å². The Morgan fingerprint density at radius 2 is 2.00 bits per heavy atom. The molecule has 0 amide bonds. The summed E-state index contributed by atoms with van der Waals surface area (Å²) in [6.07, 6.45) is 1.52. The molecule has 0 aliphatic carbocycles. The zero-order valence-electron chi connectivity index (χ0n) is 9.84. The molecule has 88 valence electrons. The van der Waals surface area contributed by atoms with Crippen LogP contribution in [0, 0.1) is 6.92 Å². The average Bonchev–Trinajstić information content (AvgIpc) is 2.70. The van der Waals surface area contributed by atoms with Gasteiger partial charge in [0, 0.05) is 12.6 Å². The van der Waals surface area contributed by atoms with Crippen molar-refractivity contribution in [3.05, 3.63) is 53.1 Å². The minimum Gasteiger partial charge on any atom is -0.390 e. The topological polar surface area (TPSA) is 55.1 Å². The molecule has 0 bridgehead atoms. The van der Waals surface area contributed by atoms with Crippen LogP contribution in [0.2, 0.25) is 0 Å². The van der Waals surface area contributed by atoms with Gasteiger partial charge in [-0.15, -0.1) is 0 Å². The SMILES string of the molecule is Cc1ccc(C(=O)c2ncc(CO)n2C)cc1. The van der Waals surface area contributed by atoms with Gasteiger partial charge in [-0.05, 0) is 6.92 Å². The summed E-state index contributed by atoms with van der Waals surface area (Å²) >= 11 is 0. The van der Waals surface area contributed by atoms with E-state index in [1.54, 1.807) is 23.7 Å². The standard InChI is InChI=1S/C13H14N2O2/c1-9-3-5-10(6-4-9)12(17)13-14-7-11(8-16)15(13)2/h3-7,16H,8H2,1-2H3. The number of aromatic nitrogens is 2. The number of ketones is 1. The van der Waals surface area contributed by atoms with Crippen LogP contribution in [-0.2, 0) is 13.7 Å². The summed E-state index contributed by atoms with van der Waals surface area (Å²) in [5.41, 5.74) is 2.34. The molecule has 2 aromatic rings. The predicted octanol–water partition coefficient (Wildman–Crippen LogP) is 1.45. The van der Waals surface area contributed by atoms with Crippen LogP contribution in [0.1, 0.15) is 27.4 Å². The molecule has 1 aromatic carbocycles. The number of hydrogen-bond donors (Lipinski definition) is 1. The van der Waals surface area contributed by atoms with Crippen molar-refractivity contribution in [2.75, 3.05) is 0 Å². The van der Waals surface area contributed by atoms with Gasteiger partial charge in [0.05, 0.1) is 18.5 Å². The van der Waals surface area contributed by atoms with Crippen LogP contribution < -0.4 is 0 Å². The molecule has 0 aliphatic heterocycles. The van der Waals surface area contributed by atoms with E-state index in [4.69, 9.17) is 5.11 Å². The summed E-state index contributed by atoms with van der Waals surface area (Å²) in [4.78, 5) is 16.2. The fourth-order valence-corrected chi connectivity index (χ4v) is 1.64. The Morgan fingerprint density at radius 3 is 2.53 bits per heavy atom. The first-order chi connectivity index (χ1) is 8.13. The summed E-state index contributed by atoms with van der Waals surface area (Å²) in [6, 6.07) is 7.35. The first-order valence-electron chi connectivity index (χ1n) is 5.36. The molecule has 17 heavy (non-hydrogen) atoms. The molecule has 0 radical (unpaired) electrons. The summed E-state index contributed by atoms with van der Waals surface area (Å²) in [5.74, 6) is 0.213. The van der Waals surface area contributed by atoms with Crippen molar-refractivity contribution in [1.82, 2.24) is 9.55 Å². The van der Waals surface area contributed by atoms with Gasteiger partial charge >= 0.3 is 0 Å². The number of aliphatic hydroxyl groups is 1. The highest BCUT2D eigenvalue weighted by Crippen LogP contribution is 2.11. The highest BCUT2D eigenvalue weighted by molar-refractivity contribution is 6.06. The number of rotatable bonds is 3. The van der Waals surface area contributed by atoms with E-state index < -0.39 is 0 Å². The van der Waals surface area contributed by atoms with Crippen molar-refractivity contribution < 1.29 is 9.90 Å². The molecule has 0 spiro atoms. The normalized spacial score (nSPS) is 10.5. The second-order valence-corrected chi connectivity index (χ2v) is 3.99. The largest absolute Gasteiger partial charge is 0.390 e. The molecule has 0 aliphatic rings. The molecule has 0 fully saturated rings. The molecule has 4 heteroatoms. The Bertz CT molecular complexity index is 541. The molecule has 0 unspecified atom stereocenters. The quantitative estimate of drug-likeness (QED) is 0.812. The molecule has 1 N–H and O–H groups in total. The van der Waals surface area contributed by atoms with E-state index in [2.05, 4.69) is 4.98 Å². The highest BCUT2D eigenvalue weighted by atomic mass is 16.3. The molecule has 0 atom stereocenters. The third kappa shape index (κ3) is 2.12. The van der Waals surface area contributed by atoms with Crippen LogP contribution in [0.3, 0.4) is 0 Å². The fourth-order valence-electron chi connectivity index (χ4n) is 1.64. The van der Waals surface area contributed by atoms with E-state index in [0.29, 0.717) is 17.1 Å². The highest BCUT2D eigenvalue weighted by Gasteiger charge is 2.15. The van der Waals surface area contributed by atoms with Gasteiger partial charge in [0.1, 0.15) is 0 Å². The molecule has 1 aromatic heterocycles. The monoisotopic (exact) mass is 230 g/mol. The van der Waals surface area contributed by atoms with E-state index in [1.807, 2.05) is 19.1 Å². The minimum absolute atomic E-state index is 0.120. The van der Waals surface area contributed by atoms with Crippen molar-refractivity contribution in [2.24, 2.45) is 7.05 Å². The van der Waals surface area contributed by atoms with Gasteiger partial charge < -0.3 is 9.67 Å². The van der Waals surface area contributed by atoms with Crippen molar-refractivity contribution in [3.8, 4) is 0 Å². The van der Waals surface area contributed by atoms with Gasteiger partial charge in [0.15, 0.2) is 5.82 Å².